The van der Waals surface area contributed by atoms with E-state index < -0.39 is 0 Å². The molecular weight excluding hydrogens is 196 g/mol. The molecule has 0 fully saturated rings. The summed E-state index contributed by atoms with van der Waals surface area (Å²) in [4.78, 5) is 0. The second-order valence-electron chi connectivity index (χ2n) is 4.80. The van der Waals surface area contributed by atoms with Gasteiger partial charge in [0, 0.05) is 0 Å². The molecule has 0 heterocycles. The minimum absolute atomic E-state index is 0.318. The zero-order chi connectivity index (χ0) is 11.8. The lowest BCUT2D eigenvalue weighted by Gasteiger charge is -2.13. The summed E-state index contributed by atoms with van der Waals surface area (Å²) < 4.78 is 5.68. The van der Waals surface area contributed by atoms with Gasteiger partial charge in [0.2, 0.25) is 0 Å². The third-order valence-electron chi connectivity index (χ3n) is 2.63. The Morgan fingerprint density at radius 3 is 2.38 bits per heavy atom. The Labute approximate surface area is 99.8 Å². The number of ether oxygens (including phenoxy) is 1. The first-order chi connectivity index (χ1) is 7.68. The normalized spacial score (nSPS) is 13.0. The van der Waals surface area contributed by atoms with Crippen LogP contribution in [0.25, 0.3) is 0 Å². The van der Waals surface area contributed by atoms with E-state index in [0.717, 1.165) is 17.9 Å². The molecule has 0 amide bonds. The lowest BCUT2D eigenvalue weighted by Crippen LogP contribution is -2.07. The molecule has 0 aliphatic heterocycles. The average molecular weight is 219 g/mol. The molecule has 0 bridgehead atoms. The van der Waals surface area contributed by atoms with Gasteiger partial charge in [0.1, 0.15) is 6.61 Å². The Hall–Kier alpha value is -0.820. The van der Waals surface area contributed by atoms with Crippen LogP contribution >= 0.6 is 0 Å². The van der Waals surface area contributed by atoms with Gasteiger partial charge in [-0.2, -0.15) is 0 Å². The zero-order valence-electron chi connectivity index (χ0n) is 10.6. The minimum atomic E-state index is 0.318. The number of hydrogen-bond acceptors (Lipinski definition) is 1. The van der Waals surface area contributed by atoms with Crippen molar-refractivity contribution in [2.45, 2.75) is 46.1 Å². The Balaban J connectivity index is 2.13. The number of benzene rings is 1. The number of hydrogen-bond donors (Lipinski definition) is 0. The van der Waals surface area contributed by atoms with Crippen molar-refractivity contribution < 1.29 is 4.74 Å². The van der Waals surface area contributed by atoms with Gasteiger partial charge in [-0.3, -0.25) is 0 Å². The van der Waals surface area contributed by atoms with Crippen LogP contribution in [0.3, 0.4) is 0 Å². The van der Waals surface area contributed by atoms with Crippen molar-refractivity contribution in [2.24, 2.45) is 5.92 Å². The van der Waals surface area contributed by atoms with Crippen LogP contribution in [0.1, 0.15) is 45.6 Å². The summed E-state index contributed by atoms with van der Waals surface area (Å²) >= 11 is 0. The highest BCUT2D eigenvalue weighted by Crippen LogP contribution is 2.12. The molecule has 0 saturated carbocycles. The predicted molar refractivity (Wildman–Crippen MR) is 69.1 cm³/mol. The topological polar surface area (TPSA) is 9.23 Å². The SMILES string of the molecule is CC(C)CCCC(C)O[CH]c1ccccc1. The third-order valence-corrected chi connectivity index (χ3v) is 2.63. The molecular formula is C15H23O. The molecule has 16 heavy (non-hydrogen) atoms. The second kappa shape index (κ2) is 7.45. The summed E-state index contributed by atoms with van der Waals surface area (Å²) in [6, 6.07) is 10.2. The first kappa shape index (κ1) is 13.2. The lowest BCUT2D eigenvalue weighted by molar-refractivity contribution is 0.119. The Bertz CT molecular complexity index is 266. The van der Waals surface area contributed by atoms with Crippen LogP contribution in [-0.2, 0) is 4.74 Å². The van der Waals surface area contributed by atoms with Crippen LogP contribution in [0.15, 0.2) is 30.3 Å². The van der Waals surface area contributed by atoms with Gasteiger partial charge in [0.05, 0.1) is 6.10 Å². The summed E-state index contributed by atoms with van der Waals surface area (Å²) in [6.45, 7) is 8.53. The van der Waals surface area contributed by atoms with Crippen molar-refractivity contribution in [1.29, 1.82) is 0 Å². The second-order valence-corrected chi connectivity index (χ2v) is 4.80. The Morgan fingerprint density at radius 2 is 1.75 bits per heavy atom. The highest BCUT2D eigenvalue weighted by atomic mass is 16.5. The van der Waals surface area contributed by atoms with E-state index in [9.17, 15) is 0 Å². The van der Waals surface area contributed by atoms with Gasteiger partial charge in [-0.1, -0.05) is 57.0 Å². The van der Waals surface area contributed by atoms with E-state index in [0.29, 0.717) is 6.10 Å². The lowest BCUT2D eigenvalue weighted by atomic mass is 10.0. The molecule has 0 aromatic heterocycles. The van der Waals surface area contributed by atoms with Crippen molar-refractivity contribution in [3.8, 4) is 0 Å². The first-order valence-corrected chi connectivity index (χ1v) is 6.22. The summed E-state index contributed by atoms with van der Waals surface area (Å²) in [7, 11) is 0. The Morgan fingerprint density at radius 1 is 1.06 bits per heavy atom. The van der Waals surface area contributed by atoms with E-state index in [2.05, 4.69) is 32.9 Å². The van der Waals surface area contributed by atoms with Crippen molar-refractivity contribution in [3.63, 3.8) is 0 Å². The zero-order valence-corrected chi connectivity index (χ0v) is 10.6. The molecule has 89 valence electrons. The van der Waals surface area contributed by atoms with E-state index in [4.69, 9.17) is 4.74 Å². The highest BCUT2D eigenvalue weighted by Gasteiger charge is 2.03. The predicted octanol–water partition coefficient (Wildman–Crippen LogP) is 4.43. The van der Waals surface area contributed by atoms with Gasteiger partial charge in [0.15, 0.2) is 0 Å². The smallest absolute Gasteiger partial charge is 0.113 e. The summed E-state index contributed by atoms with van der Waals surface area (Å²) in [5.41, 5.74) is 1.14. The van der Waals surface area contributed by atoms with Gasteiger partial charge in [-0.15, -0.1) is 0 Å². The fraction of sp³-hybridized carbons (Fsp3) is 0.533. The first-order valence-electron chi connectivity index (χ1n) is 6.22. The summed E-state index contributed by atoms with van der Waals surface area (Å²) in [5, 5.41) is 0. The maximum Gasteiger partial charge on any atom is 0.113 e. The fourth-order valence-electron chi connectivity index (χ4n) is 1.61. The molecule has 1 nitrogen and oxygen atoms in total. The summed E-state index contributed by atoms with van der Waals surface area (Å²) in [5.74, 6) is 0.797. The molecule has 1 rings (SSSR count). The van der Waals surface area contributed by atoms with Crippen molar-refractivity contribution in [1.82, 2.24) is 0 Å². The van der Waals surface area contributed by atoms with Crippen molar-refractivity contribution in [3.05, 3.63) is 42.5 Å². The van der Waals surface area contributed by atoms with Crippen LogP contribution in [-0.4, -0.2) is 6.10 Å². The molecule has 0 N–H and O–H groups in total. The maximum absolute atomic E-state index is 5.68. The molecule has 1 unspecified atom stereocenters. The van der Waals surface area contributed by atoms with E-state index in [1.165, 1.54) is 12.8 Å². The van der Waals surface area contributed by atoms with Crippen LogP contribution in [0, 0.1) is 12.5 Å². The molecule has 1 aromatic carbocycles. The van der Waals surface area contributed by atoms with Gasteiger partial charge in [-0.05, 0) is 24.8 Å². The van der Waals surface area contributed by atoms with Crippen LogP contribution in [0.2, 0.25) is 0 Å². The van der Waals surface area contributed by atoms with Gasteiger partial charge < -0.3 is 4.74 Å². The van der Waals surface area contributed by atoms with Gasteiger partial charge in [0.25, 0.3) is 0 Å². The summed E-state index contributed by atoms with van der Waals surface area (Å²) in [6.07, 6.45) is 4.00. The molecule has 1 aromatic rings. The fourth-order valence-corrected chi connectivity index (χ4v) is 1.61. The highest BCUT2D eigenvalue weighted by molar-refractivity contribution is 5.19. The van der Waals surface area contributed by atoms with E-state index in [-0.39, 0.29) is 0 Å². The minimum Gasteiger partial charge on any atom is -0.367 e. The van der Waals surface area contributed by atoms with Crippen LogP contribution < -0.4 is 0 Å². The third kappa shape index (κ3) is 5.92. The Kier molecular flexibility index (Phi) is 6.17. The molecule has 0 saturated heterocycles. The number of rotatable bonds is 7. The van der Waals surface area contributed by atoms with Gasteiger partial charge >= 0.3 is 0 Å². The molecule has 0 aliphatic rings. The van der Waals surface area contributed by atoms with E-state index >= 15 is 0 Å². The molecule has 0 spiro atoms. The molecule has 1 heteroatoms. The average Bonchev–Trinajstić information content (AvgIpc) is 2.27. The monoisotopic (exact) mass is 219 g/mol. The molecule has 1 radical (unpaired) electrons. The van der Waals surface area contributed by atoms with Crippen LogP contribution in [0.4, 0.5) is 0 Å². The van der Waals surface area contributed by atoms with Crippen molar-refractivity contribution in [2.75, 3.05) is 0 Å². The van der Waals surface area contributed by atoms with Crippen LogP contribution in [0.5, 0.6) is 0 Å². The molecule has 0 aliphatic carbocycles. The quantitative estimate of drug-likeness (QED) is 0.659. The maximum atomic E-state index is 5.68. The molecule has 1 atom stereocenters. The standard InChI is InChI=1S/C15H23O/c1-13(2)8-7-9-14(3)16-12-15-10-5-4-6-11-15/h4-6,10-14H,7-9H2,1-3H3. The van der Waals surface area contributed by atoms with E-state index in [1.54, 1.807) is 0 Å². The van der Waals surface area contributed by atoms with E-state index in [1.807, 2.05) is 24.8 Å². The van der Waals surface area contributed by atoms with Gasteiger partial charge in [-0.25, -0.2) is 0 Å². The van der Waals surface area contributed by atoms with Crippen molar-refractivity contribution >= 4 is 0 Å². The largest absolute Gasteiger partial charge is 0.367 e.